The number of methoxy groups -OCH3 is 1. The molecule has 1 aromatic carbocycles. The van der Waals surface area contributed by atoms with Crippen molar-refractivity contribution >= 4 is 22.9 Å². The van der Waals surface area contributed by atoms with Crippen LogP contribution in [0.2, 0.25) is 0 Å². The minimum absolute atomic E-state index is 0.0449. The first-order valence-electron chi connectivity index (χ1n) is 9.85. The van der Waals surface area contributed by atoms with Gasteiger partial charge in [-0.05, 0) is 31.4 Å². The van der Waals surface area contributed by atoms with Gasteiger partial charge >= 0.3 is 0 Å². The van der Waals surface area contributed by atoms with Crippen molar-refractivity contribution in [1.29, 1.82) is 0 Å². The molecule has 1 amide bonds. The Balaban J connectivity index is 1.53. The van der Waals surface area contributed by atoms with E-state index < -0.39 is 17.5 Å². The van der Waals surface area contributed by atoms with Crippen LogP contribution in [-0.4, -0.2) is 40.5 Å². The lowest BCUT2D eigenvalue weighted by molar-refractivity contribution is -0.0165. The SMILES string of the molecule is CO[C@@H]1CCC[C@H](c2c(NC(=O)c3csc(-c4c(F)cccc4F)n3)cnn2C)OC1. The number of aromatic nitrogens is 3. The first kappa shape index (κ1) is 21.5. The van der Waals surface area contributed by atoms with Gasteiger partial charge in [0.1, 0.15) is 28.4 Å². The third-order valence-electron chi connectivity index (χ3n) is 5.26. The highest BCUT2D eigenvalue weighted by molar-refractivity contribution is 7.13. The Hall–Kier alpha value is -2.69. The lowest BCUT2D eigenvalue weighted by Gasteiger charge is -2.18. The first-order valence-corrected chi connectivity index (χ1v) is 10.7. The molecule has 164 valence electrons. The van der Waals surface area contributed by atoms with Crippen LogP contribution < -0.4 is 5.32 Å². The standard InChI is InChI=1S/C21H22F2N4O3S/c1-27-19(17-8-3-5-12(29-2)10-30-17)15(9-24-27)25-20(28)16-11-31-21(26-16)18-13(22)6-4-7-14(18)23/h4,6-7,9,11-12,17H,3,5,8,10H2,1-2H3,(H,25,28)/t12-,17-/m1/s1. The number of thiazole rings is 1. The molecule has 0 spiro atoms. The van der Waals surface area contributed by atoms with Gasteiger partial charge in [0, 0.05) is 19.5 Å². The zero-order valence-corrected chi connectivity index (χ0v) is 17.9. The van der Waals surface area contributed by atoms with Crippen molar-refractivity contribution in [2.24, 2.45) is 7.05 Å². The van der Waals surface area contributed by atoms with Crippen molar-refractivity contribution in [1.82, 2.24) is 14.8 Å². The highest BCUT2D eigenvalue weighted by Gasteiger charge is 2.27. The molecule has 3 aromatic rings. The maximum atomic E-state index is 14.0. The number of hydrogen-bond donors (Lipinski definition) is 1. The van der Waals surface area contributed by atoms with Crippen LogP contribution in [0.1, 0.15) is 41.5 Å². The molecule has 0 radical (unpaired) electrons. The van der Waals surface area contributed by atoms with E-state index in [1.807, 2.05) is 0 Å². The molecule has 1 aliphatic heterocycles. The van der Waals surface area contributed by atoms with Crippen molar-refractivity contribution in [3.05, 3.63) is 52.8 Å². The summed E-state index contributed by atoms with van der Waals surface area (Å²) in [4.78, 5) is 16.9. The summed E-state index contributed by atoms with van der Waals surface area (Å²) in [6.07, 6.45) is 3.96. The maximum Gasteiger partial charge on any atom is 0.275 e. The summed E-state index contributed by atoms with van der Waals surface area (Å²) < 4.78 is 41.2. The Bertz CT molecular complexity index is 1060. The fourth-order valence-electron chi connectivity index (χ4n) is 3.63. The normalized spacial score (nSPS) is 19.2. The molecule has 0 unspecified atom stereocenters. The molecule has 1 N–H and O–H groups in total. The average molecular weight is 448 g/mol. The summed E-state index contributed by atoms with van der Waals surface area (Å²) in [7, 11) is 3.45. The maximum absolute atomic E-state index is 14.0. The molecule has 7 nitrogen and oxygen atoms in total. The van der Waals surface area contributed by atoms with E-state index in [0.717, 1.165) is 48.4 Å². The number of hydrogen-bond acceptors (Lipinski definition) is 6. The largest absolute Gasteiger partial charge is 0.379 e. The van der Waals surface area contributed by atoms with Crippen LogP contribution in [0.25, 0.3) is 10.6 Å². The molecule has 1 fully saturated rings. The second kappa shape index (κ2) is 9.21. The van der Waals surface area contributed by atoms with Gasteiger partial charge in [0.05, 0.1) is 35.9 Å². The summed E-state index contributed by atoms with van der Waals surface area (Å²) in [5.41, 5.74) is 1.09. The fourth-order valence-corrected chi connectivity index (χ4v) is 4.48. The average Bonchev–Trinajstić information content (AvgIpc) is 3.29. The fraction of sp³-hybridized carbons (Fsp3) is 0.381. The Morgan fingerprint density at radius 1 is 1.32 bits per heavy atom. The van der Waals surface area contributed by atoms with Crippen LogP contribution in [0.5, 0.6) is 0 Å². The molecule has 1 aliphatic rings. The number of rotatable bonds is 5. The van der Waals surface area contributed by atoms with E-state index in [1.165, 1.54) is 11.4 Å². The van der Waals surface area contributed by atoms with E-state index in [0.29, 0.717) is 12.3 Å². The van der Waals surface area contributed by atoms with Crippen molar-refractivity contribution in [3.63, 3.8) is 0 Å². The topological polar surface area (TPSA) is 78.3 Å². The Kier molecular flexibility index (Phi) is 6.40. The van der Waals surface area contributed by atoms with Gasteiger partial charge in [0.25, 0.3) is 5.91 Å². The van der Waals surface area contributed by atoms with Crippen molar-refractivity contribution < 1.29 is 23.0 Å². The number of ether oxygens (including phenoxy) is 2. The number of aryl methyl sites for hydroxylation is 1. The van der Waals surface area contributed by atoms with Gasteiger partial charge in [-0.2, -0.15) is 5.10 Å². The molecule has 1 saturated heterocycles. The summed E-state index contributed by atoms with van der Waals surface area (Å²) in [5.74, 6) is -1.94. The van der Waals surface area contributed by atoms with Crippen LogP contribution in [0, 0.1) is 11.6 Å². The molecule has 0 saturated carbocycles. The molecule has 10 heteroatoms. The number of anilines is 1. The zero-order chi connectivity index (χ0) is 22.0. The van der Waals surface area contributed by atoms with Gasteiger partial charge in [0.15, 0.2) is 0 Å². The van der Waals surface area contributed by atoms with E-state index in [2.05, 4.69) is 15.4 Å². The lowest BCUT2D eigenvalue weighted by Crippen LogP contribution is -2.19. The number of benzene rings is 1. The zero-order valence-electron chi connectivity index (χ0n) is 17.1. The van der Waals surface area contributed by atoms with Crippen LogP contribution in [0.15, 0.2) is 29.8 Å². The molecule has 31 heavy (non-hydrogen) atoms. The van der Waals surface area contributed by atoms with E-state index in [1.54, 1.807) is 25.0 Å². The molecule has 2 aromatic heterocycles. The summed E-state index contributed by atoms with van der Waals surface area (Å²) in [5, 5.41) is 8.64. The molecule has 0 bridgehead atoms. The third kappa shape index (κ3) is 4.51. The Morgan fingerprint density at radius 2 is 2.10 bits per heavy atom. The number of nitrogens with zero attached hydrogens (tertiary/aromatic N) is 3. The predicted molar refractivity (Wildman–Crippen MR) is 112 cm³/mol. The lowest BCUT2D eigenvalue weighted by atomic mass is 10.1. The first-order chi connectivity index (χ1) is 15.0. The van der Waals surface area contributed by atoms with Gasteiger partial charge in [-0.25, -0.2) is 13.8 Å². The van der Waals surface area contributed by atoms with Crippen LogP contribution in [0.4, 0.5) is 14.5 Å². The number of carbonyl (C=O) groups is 1. The van der Waals surface area contributed by atoms with Gasteiger partial charge in [0.2, 0.25) is 0 Å². The van der Waals surface area contributed by atoms with Gasteiger partial charge in [-0.1, -0.05) is 6.07 Å². The highest BCUT2D eigenvalue weighted by Crippen LogP contribution is 2.33. The van der Waals surface area contributed by atoms with Crippen LogP contribution in [0.3, 0.4) is 0 Å². The van der Waals surface area contributed by atoms with Gasteiger partial charge < -0.3 is 14.8 Å². The minimum Gasteiger partial charge on any atom is -0.379 e. The van der Waals surface area contributed by atoms with E-state index >= 15 is 0 Å². The number of amides is 1. The van der Waals surface area contributed by atoms with Crippen molar-refractivity contribution in [3.8, 4) is 10.6 Å². The smallest absolute Gasteiger partial charge is 0.275 e. The van der Waals surface area contributed by atoms with Crippen LogP contribution >= 0.6 is 11.3 Å². The third-order valence-corrected chi connectivity index (χ3v) is 6.12. The van der Waals surface area contributed by atoms with Crippen molar-refractivity contribution in [2.75, 3.05) is 19.0 Å². The summed E-state index contributed by atoms with van der Waals surface area (Å²) >= 11 is 1.00. The number of nitrogens with one attached hydrogen (secondary N) is 1. The van der Waals surface area contributed by atoms with Crippen LogP contribution in [-0.2, 0) is 16.5 Å². The molecule has 0 aliphatic carbocycles. The Morgan fingerprint density at radius 3 is 2.84 bits per heavy atom. The molecular weight excluding hydrogens is 426 g/mol. The van der Waals surface area contributed by atoms with E-state index in [4.69, 9.17) is 9.47 Å². The second-order valence-electron chi connectivity index (χ2n) is 7.27. The van der Waals surface area contributed by atoms with E-state index in [-0.39, 0.29) is 28.5 Å². The summed E-state index contributed by atoms with van der Waals surface area (Å²) in [6.45, 7) is 0.462. The number of carbonyl (C=O) groups excluding carboxylic acids is 1. The minimum atomic E-state index is -0.726. The predicted octanol–water partition coefficient (Wildman–Crippen LogP) is 4.33. The quantitative estimate of drug-likeness (QED) is 0.629. The second-order valence-corrected chi connectivity index (χ2v) is 8.12. The molecule has 3 heterocycles. The van der Waals surface area contributed by atoms with E-state index in [9.17, 15) is 13.6 Å². The van der Waals surface area contributed by atoms with Gasteiger partial charge in [-0.3, -0.25) is 9.48 Å². The molecule has 2 atom stereocenters. The number of halogens is 2. The van der Waals surface area contributed by atoms with Crippen molar-refractivity contribution in [2.45, 2.75) is 31.5 Å². The van der Waals surface area contributed by atoms with Gasteiger partial charge in [-0.15, -0.1) is 11.3 Å². The summed E-state index contributed by atoms with van der Waals surface area (Å²) in [6, 6.07) is 3.59. The monoisotopic (exact) mass is 448 g/mol. The molecule has 4 rings (SSSR count). The highest BCUT2D eigenvalue weighted by atomic mass is 32.1. The molecular formula is C21H22F2N4O3S. The Labute approximate surface area is 182 Å².